The number of rotatable bonds is 9. The van der Waals surface area contributed by atoms with Crippen LogP contribution < -0.4 is 0 Å². The molecule has 0 aliphatic heterocycles. The van der Waals surface area contributed by atoms with Crippen LogP contribution in [0.1, 0.15) is 51.2 Å². The summed E-state index contributed by atoms with van der Waals surface area (Å²) in [6.45, 7) is 2.71. The summed E-state index contributed by atoms with van der Waals surface area (Å²) in [7, 11) is 0. The van der Waals surface area contributed by atoms with Gasteiger partial charge in [0.25, 0.3) is 0 Å². The topological polar surface area (TPSA) is 39.4 Å². The van der Waals surface area contributed by atoms with Gasteiger partial charge in [-0.05, 0) is 24.6 Å². The first-order valence-electron chi connectivity index (χ1n) is 6.71. The Morgan fingerprint density at radius 3 is 2.78 bits per heavy atom. The zero-order valence-corrected chi connectivity index (χ0v) is 11.1. The van der Waals surface area contributed by atoms with E-state index in [0.717, 1.165) is 12.8 Å². The van der Waals surface area contributed by atoms with E-state index in [1.807, 2.05) is 0 Å². The highest BCUT2D eigenvalue weighted by molar-refractivity contribution is 5.86. The molecule has 0 aliphatic rings. The highest BCUT2D eigenvalue weighted by atomic mass is 16.5. The van der Waals surface area contributed by atoms with Crippen molar-refractivity contribution in [1.82, 2.24) is 0 Å². The van der Waals surface area contributed by atoms with E-state index in [9.17, 15) is 4.79 Å². The zero-order valence-electron chi connectivity index (χ0n) is 11.1. The van der Waals surface area contributed by atoms with Gasteiger partial charge in [-0.15, -0.1) is 0 Å². The second-order valence-corrected chi connectivity index (χ2v) is 4.28. The van der Waals surface area contributed by atoms with Crippen LogP contribution in [0.3, 0.4) is 0 Å². The fraction of sp³-hybridized carbons (Fsp3) is 0.533. The number of ether oxygens (including phenoxy) is 1. The number of hydrogen-bond donors (Lipinski definition) is 0. The van der Waals surface area contributed by atoms with Crippen molar-refractivity contribution >= 4 is 12.0 Å². The predicted molar refractivity (Wildman–Crippen MR) is 72.1 cm³/mol. The van der Waals surface area contributed by atoms with Gasteiger partial charge in [-0.25, -0.2) is 4.79 Å². The first-order chi connectivity index (χ1) is 8.83. The largest absolute Gasteiger partial charge is 0.465 e. The molecule has 0 fully saturated rings. The number of carbonyl (C=O) groups is 1. The molecule has 1 heterocycles. The maximum absolute atomic E-state index is 11.3. The smallest absolute Gasteiger partial charge is 0.330 e. The van der Waals surface area contributed by atoms with Gasteiger partial charge in [0.15, 0.2) is 0 Å². The van der Waals surface area contributed by atoms with E-state index in [2.05, 4.69) is 6.92 Å². The van der Waals surface area contributed by atoms with Crippen molar-refractivity contribution in [3.63, 3.8) is 0 Å². The quantitative estimate of drug-likeness (QED) is 0.374. The maximum Gasteiger partial charge on any atom is 0.330 e. The molecule has 1 rings (SSSR count). The number of unbranched alkanes of at least 4 members (excludes halogenated alkanes) is 5. The van der Waals surface area contributed by atoms with Crippen molar-refractivity contribution in [3.8, 4) is 0 Å². The van der Waals surface area contributed by atoms with Crippen LogP contribution in [0.4, 0.5) is 0 Å². The lowest BCUT2D eigenvalue weighted by molar-refractivity contribution is -0.137. The second-order valence-electron chi connectivity index (χ2n) is 4.28. The summed E-state index contributed by atoms with van der Waals surface area (Å²) in [5.74, 6) is 0.353. The minimum atomic E-state index is -0.306. The molecule has 1 aromatic heterocycles. The summed E-state index contributed by atoms with van der Waals surface area (Å²) in [4.78, 5) is 11.3. The molecule has 3 heteroatoms. The third kappa shape index (κ3) is 6.94. The van der Waals surface area contributed by atoms with Gasteiger partial charge < -0.3 is 9.15 Å². The molecule has 0 aliphatic carbocycles. The van der Waals surface area contributed by atoms with E-state index in [1.165, 1.54) is 31.8 Å². The Bertz CT molecular complexity index is 339. The minimum Gasteiger partial charge on any atom is -0.465 e. The van der Waals surface area contributed by atoms with Crippen LogP contribution in [0.25, 0.3) is 6.08 Å². The molecule has 3 nitrogen and oxygen atoms in total. The van der Waals surface area contributed by atoms with Crippen molar-refractivity contribution < 1.29 is 13.9 Å². The number of carbonyl (C=O) groups excluding carboxylic acids is 1. The van der Waals surface area contributed by atoms with E-state index in [4.69, 9.17) is 9.15 Å². The Hall–Kier alpha value is -1.51. The average Bonchev–Trinajstić information content (AvgIpc) is 2.88. The summed E-state index contributed by atoms with van der Waals surface area (Å²) < 4.78 is 10.1. The molecular formula is C15H22O3. The van der Waals surface area contributed by atoms with Crippen LogP contribution in [0.15, 0.2) is 28.9 Å². The van der Waals surface area contributed by atoms with Crippen LogP contribution in [-0.2, 0) is 9.53 Å². The zero-order chi connectivity index (χ0) is 13.1. The van der Waals surface area contributed by atoms with E-state index < -0.39 is 0 Å². The van der Waals surface area contributed by atoms with Gasteiger partial charge >= 0.3 is 5.97 Å². The molecule has 0 unspecified atom stereocenters. The maximum atomic E-state index is 11.3. The molecule has 0 spiro atoms. The van der Waals surface area contributed by atoms with Gasteiger partial charge in [0.2, 0.25) is 0 Å². The van der Waals surface area contributed by atoms with Crippen LogP contribution in [0.2, 0.25) is 0 Å². The minimum absolute atomic E-state index is 0.306. The second kappa shape index (κ2) is 9.51. The van der Waals surface area contributed by atoms with Gasteiger partial charge in [-0.2, -0.15) is 0 Å². The van der Waals surface area contributed by atoms with Crippen LogP contribution in [-0.4, -0.2) is 12.6 Å². The number of hydrogen-bond acceptors (Lipinski definition) is 3. The molecule has 0 saturated heterocycles. The number of furan rings is 1. The standard InChI is InChI=1S/C15H22O3/c1-2-3-4-5-6-7-12-18-15(16)11-10-14-9-8-13-17-14/h8-11,13H,2-7,12H2,1H3/b11-10+. The molecule has 0 aromatic carbocycles. The van der Waals surface area contributed by atoms with Gasteiger partial charge in [-0.1, -0.05) is 39.0 Å². The fourth-order valence-corrected chi connectivity index (χ4v) is 1.64. The van der Waals surface area contributed by atoms with Gasteiger partial charge in [0, 0.05) is 6.08 Å². The Kier molecular flexibility index (Phi) is 7.69. The summed E-state index contributed by atoms with van der Waals surface area (Å²) in [6, 6.07) is 3.57. The Morgan fingerprint density at radius 1 is 1.28 bits per heavy atom. The first kappa shape index (κ1) is 14.6. The highest BCUT2D eigenvalue weighted by Gasteiger charge is 1.97. The lowest BCUT2D eigenvalue weighted by atomic mass is 10.1. The summed E-state index contributed by atoms with van der Waals surface area (Å²) in [6.07, 6.45) is 11.7. The Morgan fingerprint density at radius 2 is 2.06 bits per heavy atom. The van der Waals surface area contributed by atoms with Crippen molar-refractivity contribution in [2.45, 2.75) is 45.4 Å². The Labute approximate surface area is 109 Å². The molecular weight excluding hydrogens is 228 g/mol. The normalized spacial score (nSPS) is 10.9. The Balaban J connectivity index is 2.00. The van der Waals surface area contributed by atoms with Gasteiger partial charge in [0.05, 0.1) is 12.9 Å². The summed E-state index contributed by atoms with van der Waals surface area (Å²) >= 11 is 0. The molecule has 0 radical (unpaired) electrons. The molecule has 0 saturated carbocycles. The van der Waals surface area contributed by atoms with Crippen molar-refractivity contribution in [3.05, 3.63) is 30.2 Å². The summed E-state index contributed by atoms with van der Waals surface area (Å²) in [5, 5.41) is 0. The molecule has 100 valence electrons. The van der Waals surface area contributed by atoms with Crippen LogP contribution >= 0.6 is 0 Å². The SMILES string of the molecule is CCCCCCCCOC(=O)/C=C/c1ccco1. The van der Waals surface area contributed by atoms with Gasteiger partial charge in [-0.3, -0.25) is 0 Å². The predicted octanol–water partition coefficient (Wildman–Crippen LogP) is 4.20. The molecule has 1 aromatic rings. The summed E-state index contributed by atoms with van der Waals surface area (Å²) in [5.41, 5.74) is 0. The fourth-order valence-electron chi connectivity index (χ4n) is 1.64. The lowest BCUT2D eigenvalue weighted by Crippen LogP contribution is -2.02. The van der Waals surface area contributed by atoms with E-state index in [1.54, 1.807) is 24.5 Å². The molecule has 0 atom stereocenters. The molecule has 0 bridgehead atoms. The molecule has 0 N–H and O–H groups in total. The third-order valence-electron chi connectivity index (χ3n) is 2.67. The van der Waals surface area contributed by atoms with Crippen molar-refractivity contribution in [2.75, 3.05) is 6.61 Å². The monoisotopic (exact) mass is 250 g/mol. The van der Waals surface area contributed by atoms with Crippen LogP contribution in [0, 0.1) is 0 Å². The third-order valence-corrected chi connectivity index (χ3v) is 2.67. The van der Waals surface area contributed by atoms with Crippen molar-refractivity contribution in [2.24, 2.45) is 0 Å². The molecule has 18 heavy (non-hydrogen) atoms. The van der Waals surface area contributed by atoms with Crippen LogP contribution in [0.5, 0.6) is 0 Å². The first-order valence-corrected chi connectivity index (χ1v) is 6.71. The van der Waals surface area contributed by atoms with E-state index in [-0.39, 0.29) is 5.97 Å². The number of esters is 1. The van der Waals surface area contributed by atoms with Gasteiger partial charge in [0.1, 0.15) is 5.76 Å². The average molecular weight is 250 g/mol. The highest BCUT2D eigenvalue weighted by Crippen LogP contribution is 2.05. The van der Waals surface area contributed by atoms with Crippen molar-refractivity contribution in [1.29, 1.82) is 0 Å². The van der Waals surface area contributed by atoms with E-state index in [0.29, 0.717) is 12.4 Å². The lowest BCUT2D eigenvalue weighted by Gasteiger charge is -2.01. The van der Waals surface area contributed by atoms with E-state index >= 15 is 0 Å². The molecule has 0 amide bonds.